The molecule has 2 rings (SSSR count). The molecule has 2 aromatic rings. The highest BCUT2D eigenvalue weighted by Crippen LogP contribution is 2.30. The summed E-state index contributed by atoms with van der Waals surface area (Å²) in [6.45, 7) is 5.02. The van der Waals surface area contributed by atoms with E-state index in [1.807, 2.05) is 32.0 Å². The molecule has 0 radical (unpaired) electrons. The minimum atomic E-state index is -4.50. The van der Waals surface area contributed by atoms with E-state index in [9.17, 15) is 13.2 Å². The van der Waals surface area contributed by atoms with Gasteiger partial charge in [-0.25, -0.2) is 0 Å². The van der Waals surface area contributed by atoms with Crippen molar-refractivity contribution in [3.8, 4) is 5.75 Å². The average molecular weight is 397 g/mol. The Morgan fingerprint density at radius 1 is 1.21 bits per heavy atom. The zero-order valence-corrected chi connectivity index (χ0v) is 16.5. The van der Waals surface area contributed by atoms with Gasteiger partial charge in [-0.1, -0.05) is 19.1 Å². The molecule has 0 aliphatic heterocycles. The van der Waals surface area contributed by atoms with Crippen molar-refractivity contribution in [3.63, 3.8) is 0 Å². The molecule has 0 saturated heterocycles. The Bertz CT molecular complexity index is 814. The quantitative estimate of drug-likeness (QED) is 0.555. The average Bonchev–Trinajstić information content (AvgIpc) is 3.02. The second-order valence-corrected chi connectivity index (χ2v) is 6.41. The number of hydrogen-bond acceptors (Lipinski definition) is 3. The second kappa shape index (κ2) is 9.48. The Balaban J connectivity index is 2.01. The number of aromatic nitrogens is 2. The van der Waals surface area contributed by atoms with Crippen molar-refractivity contribution in [2.75, 3.05) is 13.7 Å². The lowest BCUT2D eigenvalue weighted by Gasteiger charge is -2.15. The van der Waals surface area contributed by atoms with E-state index in [0.717, 1.165) is 28.0 Å². The van der Waals surface area contributed by atoms with Gasteiger partial charge in [0.05, 0.1) is 6.61 Å². The van der Waals surface area contributed by atoms with Gasteiger partial charge in [0.15, 0.2) is 11.7 Å². The van der Waals surface area contributed by atoms with Crippen LogP contribution in [0.25, 0.3) is 0 Å². The highest BCUT2D eigenvalue weighted by Gasteiger charge is 2.36. The summed E-state index contributed by atoms with van der Waals surface area (Å²) < 4.78 is 46.1. The summed E-state index contributed by atoms with van der Waals surface area (Å²) >= 11 is 0. The number of rotatable bonds is 7. The minimum absolute atomic E-state index is 0.0462. The molecule has 1 aromatic heterocycles. The zero-order valence-electron chi connectivity index (χ0n) is 16.5. The van der Waals surface area contributed by atoms with Crippen LogP contribution in [0.2, 0.25) is 0 Å². The Morgan fingerprint density at radius 3 is 2.50 bits per heavy atom. The molecule has 9 heteroatoms. The molecule has 0 aliphatic carbocycles. The molecule has 1 heterocycles. The van der Waals surface area contributed by atoms with Gasteiger partial charge in [-0.2, -0.15) is 18.3 Å². The Labute approximate surface area is 162 Å². The Morgan fingerprint density at radius 2 is 1.89 bits per heavy atom. The summed E-state index contributed by atoms with van der Waals surface area (Å²) in [6.07, 6.45) is -2.25. The van der Waals surface area contributed by atoms with Crippen LogP contribution in [0.1, 0.15) is 35.7 Å². The smallest absolute Gasteiger partial charge is 0.435 e. The van der Waals surface area contributed by atoms with Gasteiger partial charge >= 0.3 is 6.18 Å². The van der Waals surface area contributed by atoms with Crippen molar-refractivity contribution >= 4 is 5.96 Å². The third-order valence-electron chi connectivity index (χ3n) is 3.97. The molecule has 154 valence electrons. The van der Waals surface area contributed by atoms with Gasteiger partial charge < -0.3 is 15.4 Å². The van der Waals surface area contributed by atoms with Crippen LogP contribution < -0.4 is 15.4 Å². The molecule has 1 aromatic carbocycles. The first kappa shape index (κ1) is 21.6. The number of halogens is 3. The maximum absolute atomic E-state index is 13.1. The van der Waals surface area contributed by atoms with Crippen molar-refractivity contribution < 1.29 is 17.9 Å². The monoisotopic (exact) mass is 397 g/mol. The van der Waals surface area contributed by atoms with Gasteiger partial charge in [-0.15, -0.1) is 0 Å². The molecule has 0 aliphatic rings. The van der Waals surface area contributed by atoms with E-state index < -0.39 is 11.9 Å². The predicted molar refractivity (Wildman–Crippen MR) is 102 cm³/mol. The van der Waals surface area contributed by atoms with E-state index in [2.05, 4.69) is 20.7 Å². The largest absolute Gasteiger partial charge is 0.493 e. The van der Waals surface area contributed by atoms with E-state index in [1.165, 1.54) is 13.2 Å². The number of ether oxygens (including phenoxy) is 1. The molecular formula is C19H26F3N5O. The number of nitrogens with zero attached hydrogens (tertiary/aromatic N) is 3. The number of aryl methyl sites for hydroxylation is 2. The van der Waals surface area contributed by atoms with Crippen molar-refractivity contribution in [2.45, 2.75) is 39.5 Å². The van der Waals surface area contributed by atoms with Gasteiger partial charge in [0.2, 0.25) is 0 Å². The van der Waals surface area contributed by atoms with Crippen LogP contribution in [0.3, 0.4) is 0 Å². The molecule has 0 fully saturated rings. The number of alkyl halides is 3. The standard InChI is InChI=1S/C19H26F3N5O/c1-5-8-28-16-9-13(2)6-7-14(16)10-24-18(23-3)25-11-15-12-27(4)26-17(15)19(20,21)22/h6-7,9,12H,5,8,10-11H2,1-4H3,(H2,23,24,25). The lowest BCUT2D eigenvalue weighted by atomic mass is 10.1. The van der Waals surface area contributed by atoms with Gasteiger partial charge in [-0.3, -0.25) is 9.67 Å². The van der Waals surface area contributed by atoms with Gasteiger partial charge in [0.1, 0.15) is 5.75 Å². The molecule has 0 atom stereocenters. The molecule has 28 heavy (non-hydrogen) atoms. The summed E-state index contributed by atoms with van der Waals surface area (Å²) in [5.74, 6) is 1.18. The molecule has 6 nitrogen and oxygen atoms in total. The number of nitrogens with one attached hydrogen (secondary N) is 2. The number of guanidine groups is 1. The number of hydrogen-bond donors (Lipinski definition) is 2. The summed E-state index contributed by atoms with van der Waals surface area (Å²) in [4.78, 5) is 4.07. The van der Waals surface area contributed by atoms with Gasteiger partial charge in [0.25, 0.3) is 0 Å². The third kappa shape index (κ3) is 5.90. The lowest BCUT2D eigenvalue weighted by Crippen LogP contribution is -2.36. The maximum Gasteiger partial charge on any atom is 0.435 e. The van der Waals surface area contributed by atoms with E-state index in [1.54, 1.807) is 7.05 Å². The Kier molecular flexibility index (Phi) is 7.31. The van der Waals surface area contributed by atoms with Gasteiger partial charge in [-0.05, 0) is 25.0 Å². The first-order valence-electron chi connectivity index (χ1n) is 9.01. The predicted octanol–water partition coefficient (Wildman–Crippen LogP) is 3.40. The molecular weight excluding hydrogens is 371 g/mol. The van der Waals surface area contributed by atoms with Crippen LogP contribution in [-0.4, -0.2) is 29.4 Å². The minimum Gasteiger partial charge on any atom is -0.493 e. The molecule has 0 spiro atoms. The number of benzene rings is 1. The van der Waals surface area contributed by atoms with Crippen molar-refractivity contribution in [1.82, 2.24) is 20.4 Å². The summed E-state index contributed by atoms with van der Waals surface area (Å²) in [7, 11) is 3.02. The van der Waals surface area contributed by atoms with Crippen LogP contribution in [0, 0.1) is 6.92 Å². The summed E-state index contributed by atoms with van der Waals surface area (Å²) in [6, 6.07) is 5.91. The summed E-state index contributed by atoms with van der Waals surface area (Å²) in [5, 5.41) is 9.51. The van der Waals surface area contributed by atoms with Crippen LogP contribution in [0.15, 0.2) is 29.4 Å². The fourth-order valence-electron chi connectivity index (χ4n) is 2.64. The molecule has 0 saturated carbocycles. The highest BCUT2D eigenvalue weighted by atomic mass is 19.4. The molecule has 0 amide bonds. The summed E-state index contributed by atoms with van der Waals surface area (Å²) in [5.41, 5.74) is 1.19. The Hall–Kier alpha value is -2.71. The first-order valence-corrected chi connectivity index (χ1v) is 9.01. The van der Waals surface area contributed by atoms with Crippen LogP contribution in [-0.2, 0) is 26.3 Å². The van der Waals surface area contributed by atoms with Crippen LogP contribution in [0.5, 0.6) is 5.75 Å². The van der Waals surface area contributed by atoms with Crippen molar-refractivity contribution in [2.24, 2.45) is 12.0 Å². The van der Waals surface area contributed by atoms with Crippen molar-refractivity contribution in [1.29, 1.82) is 0 Å². The second-order valence-electron chi connectivity index (χ2n) is 6.41. The highest BCUT2D eigenvalue weighted by molar-refractivity contribution is 5.79. The number of aliphatic imine (C=N–C) groups is 1. The van der Waals surface area contributed by atoms with Crippen molar-refractivity contribution in [3.05, 3.63) is 46.8 Å². The van der Waals surface area contributed by atoms with Crippen LogP contribution >= 0.6 is 0 Å². The van der Waals surface area contributed by atoms with Gasteiger partial charge in [0, 0.05) is 44.5 Å². The third-order valence-corrected chi connectivity index (χ3v) is 3.97. The van der Waals surface area contributed by atoms with E-state index in [0.29, 0.717) is 19.1 Å². The van der Waals surface area contributed by atoms with Crippen LogP contribution in [0.4, 0.5) is 13.2 Å². The fraction of sp³-hybridized carbons (Fsp3) is 0.474. The topological polar surface area (TPSA) is 63.5 Å². The molecule has 0 unspecified atom stereocenters. The van der Waals surface area contributed by atoms with E-state index in [-0.39, 0.29) is 12.1 Å². The maximum atomic E-state index is 13.1. The lowest BCUT2D eigenvalue weighted by molar-refractivity contribution is -0.142. The molecule has 2 N–H and O–H groups in total. The first-order chi connectivity index (χ1) is 13.2. The zero-order chi connectivity index (χ0) is 20.7. The van der Waals surface area contributed by atoms with E-state index >= 15 is 0 Å². The fourth-order valence-corrected chi connectivity index (χ4v) is 2.64. The normalized spacial score (nSPS) is 12.2. The SMILES string of the molecule is CCCOc1cc(C)ccc1CNC(=NC)NCc1cn(C)nc1C(F)(F)F. The van der Waals surface area contributed by atoms with E-state index in [4.69, 9.17) is 4.74 Å². The molecule has 0 bridgehead atoms.